The van der Waals surface area contributed by atoms with Gasteiger partial charge in [0.05, 0.1) is 6.04 Å². The Hall–Kier alpha value is -3.33. The van der Waals surface area contributed by atoms with Crippen molar-refractivity contribution in [1.82, 2.24) is 14.8 Å². The van der Waals surface area contributed by atoms with Crippen LogP contribution in [0.3, 0.4) is 0 Å². The van der Waals surface area contributed by atoms with E-state index in [9.17, 15) is 14.9 Å². The molecule has 2 aliphatic rings. The molecule has 1 aliphatic heterocycles. The summed E-state index contributed by atoms with van der Waals surface area (Å²) in [6.07, 6.45) is 3.93. The minimum absolute atomic E-state index is 0.0706. The first-order chi connectivity index (χ1) is 15.4. The normalized spacial score (nSPS) is 22.7. The van der Waals surface area contributed by atoms with Gasteiger partial charge >= 0.3 is 0 Å². The van der Waals surface area contributed by atoms with Crippen molar-refractivity contribution >= 4 is 17.9 Å². The molecular formula is C26H30N4O2. The van der Waals surface area contributed by atoms with Gasteiger partial charge in [-0.05, 0) is 50.0 Å². The topological polar surface area (TPSA) is 78.1 Å². The molecule has 3 atom stereocenters. The third kappa shape index (κ3) is 4.34. The van der Waals surface area contributed by atoms with Gasteiger partial charge in [-0.1, -0.05) is 37.3 Å². The van der Waals surface area contributed by atoms with Gasteiger partial charge in [-0.3, -0.25) is 9.59 Å². The summed E-state index contributed by atoms with van der Waals surface area (Å²) in [6.45, 7) is 7.57. The molecule has 166 valence electrons. The number of hydrogen-bond donors (Lipinski definition) is 1. The first-order valence-corrected chi connectivity index (χ1v) is 11.4. The number of nitriles is 1. The average molecular weight is 431 g/mol. The Morgan fingerprint density at radius 1 is 1.28 bits per heavy atom. The van der Waals surface area contributed by atoms with Gasteiger partial charge in [-0.2, -0.15) is 5.26 Å². The molecule has 1 aromatic heterocycles. The number of nitrogens with zero attached hydrogens (tertiary/aromatic N) is 3. The molecule has 1 aliphatic carbocycles. The van der Waals surface area contributed by atoms with Gasteiger partial charge in [0, 0.05) is 42.9 Å². The van der Waals surface area contributed by atoms with E-state index in [1.165, 1.54) is 5.56 Å². The third-order valence-corrected chi connectivity index (χ3v) is 6.60. The average Bonchev–Trinajstić information content (AvgIpc) is 3.43. The molecule has 1 aromatic carbocycles. The fourth-order valence-electron chi connectivity index (χ4n) is 4.84. The van der Waals surface area contributed by atoms with Crippen molar-refractivity contribution in [3.8, 4) is 6.07 Å². The van der Waals surface area contributed by atoms with Crippen molar-refractivity contribution in [3.05, 3.63) is 64.5 Å². The maximum Gasteiger partial charge on any atom is 0.262 e. The van der Waals surface area contributed by atoms with E-state index >= 15 is 0 Å². The minimum Gasteiger partial charge on any atom is -0.349 e. The van der Waals surface area contributed by atoms with E-state index in [0.29, 0.717) is 12.5 Å². The molecule has 2 heterocycles. The quantitative estimate of drug-likeness (QED) is 0.537. The number of aromatic nitrogens is 1. The van der Waals surface area contributed by atoms with Crippen molar-refractivity contribution in [3.63, 3.8) is 0 Å². The smallest absolute Gasteiger partial charge is 0.262 e. The molecule has 0 radical (unpaired) electrons. The molecule has 1 saturated heterocycles. The van der Waals surface area contributed by atoms with Crippen molar-refractivity contribution in [2.24, 2.45) is 0 Å². The predicted molar refractivity (Wildman–Crippen MR) is 124 cm³/mol. The van der Waals surface area contributed by atoms with Crippen LogP contribution in [-0.4, -0.2) is 39.9 Å². The Balaban J connectivity index is 1.40. The zero-order chi connectivity index (χ0) is 22.8. The van der Waals surface area contributed by atoms with Crippen LogP contribution >= 0.6 is 0 Å². The van der Waals surface area contributed by atoms with Gasteiger partial charge in [0.1, 0.15) is 11.6 Å². The highest BCUT2D eigenvalue weighted by Gasteiger charge is 2.48. The summed E-state index contributed by atoms with van der Waals surface area (Å²) in [6, 6.07) is 14.2. The molecule has 6 heteroatoms. The van der Waals surface area contributed by atoms with Crippen molar-refractivity contribution in [1.29, 1.82) is 5.26 Å². The van der Waals surface area contributed by atoms with E-state index in [1.54, 1.807) is 6.08 Å². The van der Waals surface area contributed by atoms with Crippen molar-refractivity contribution < 1.29 is 9.59 Å². The number of nitrogens with one attached hydrogen (secondary N) is 1. The lowest BCUT2D eigenvalue weighted by Gasteiger charge is -2.17. The fraction of sp³-hybridized carbons (Fsp3) is 0.423. The number of benzene rings is 1. The maximum atomic E-state index is 12.8. The summed E-state index contributed by atoms with van der Waals surface area (Å²) < 4.78 is 2.20. The van der Waals surface area contributed by atoms with Gasteiger partial charge in [-0.25, -0.2) is 0 Å². The van der Waals surface area contributed by atoms with Crippen LogP contribution in [0.5, 0.6) is 0 Å². The SMILES string of the molecule is CCCn1c(C)cc(/C=C(\C#N)C(=O)N[C@@H]2CC(=O)N([C@@H]3C[C@H]3c3ccccc3)C2)c1C. The number of amides is 2. The van der Waals surface area contributed by atoms with Gasteiger partial charge in [0.25, 0.3) is 5.91 Å². The van der Waals surface area contributed by atoms with Crippen LogP contribution in [0.4, 0.5) is 0 Å². The van der Waals surface area contributed by atoms with Crippen LogP contribution in [-0.2, 0) is 16.1 Å². The molecule has 1 N–H and O–H groups in total. The first kappa shape index (κ1) is 21.9. The summed E-state index contributed by atoms with van der Waals surface area (Å²) in [4.78, 5) is 27.3. The van der Waals surface area contributed by atoms with Gasteiger partial charge in [0.15, 0.2) is 0 Å². The van der Waals surface area contributed by atoms with E-state index in [1.807, 2.05) is 49.1 Å². The Bertz CT molecular complexity index is 1090. The molecule has 1 saturated carbocycles. The number of rotatable bonds is 7. The zero-order valence-corrected chi connectivity index (χ0v) is 19.0. The molecule has 4 rings (SSSR count). The van der Waals surface area contributed by atoms with Gasteiger partial charge in [0.2, 0.25) is 5.91 Å². The van der Waals surface area contributed by atoms with Crippen molar-refractivity contribution in [2.45, 2.75) is 64.6 Å². The highest BCUT2D eigenvalue weighted by atomic mass is 16.2. The van der Waals surface area contributed by atoms with Crippen LogP contribution in [0.2, 0.25) is 0 Å². The highest BCUT2D eigenvalue weighted by molar-refractivity contribution is 6.02. The van der Waals surface area contributed by atoms with E-state index in [0.717, 1.165) is 36.3 Å². The summed E-state index contributed by atoms with van der Waals surface area (Å²) in [5, 5.41) is 12.5. The molecule has 0 spiro atoms. The van der Waals surface area contributed by atoms with Gasteiger partial charge < -0.3 is 14.8 Å². The molecule has 2 fully saturated rings. The second-order valence-electron chi connectivity index (χ2n) is 8.89. The predicted octanol–water partition coefficient (Wildman–Crippen LogP) is 3.70. The van der Waals surface area contributed by atoms with Crippen LogP contribution in [0, 0.1) is 25.2 Å². The summed E-state index contributed by atoms with van der Waals surface area (Å²) in [5.74, 6) is 0.0368. The molecule has 32 heavy (non-hydrogen) atoms. The largest absolute Gasteiger partial charge is 0.349 e. The summed E-state index contributed by atoms with van der Waals surface area (Å²) in [5.41, 5.74) is 4.38. The zero-order valence-electron chi connectivity index (χ0n) is 19.0. The Morgan fingerprint density at radius 3 is 2.72 bits per heavy atom. The van der Waals surface area contributed by atoms with Crippen molar-refractivity contribution in [2.75, 3.05) is 6.54 Å². The Kier molecular flexibility index (Phi) is 6.18. The maximum absolute atomic E-state index is 12.8. The van der Waals surface area contributed by atoms with E-state index in [-0.39, 0.29) is 30.0 Å². The second-order valence-corrected chi connectivity index (χ2v) is 8.89. The standard InChI is InChI=1S/C26H30N4O2/c1-4-10-29-17(2)11-20(18(29)3)12-21(15-27)26(32)28-22-13-25(31)30(16-22)24-14-23(24)19-8-6-5-7-9-19/h5-9,11-12,22-24H,4,10,13-14,16H2,1-3H3,(H,28,32)/b21-12+/t22-,23+,24-/m1/s1. The molecular weight excluding hydrogens is 400 g/mol. The fourth-order valence-corrected chi connectivity index (χ4v) is 4.84. The molecule has 0 unspecified atom stereocenters. The first-order valence-electron chi connectivity index (χ1n) is 11.4. The van der Waals surface area contributed by atoms with Crippen LogP contribution in [0.25, 0.3) is 6.08 Å². The van der Waals surface area contributed by atoms with Crippen LogP contribution in [0.1, 0.15) is 54.6 Å². The Labute approximate surface area is 189 Å². The second kappa shape index (κ2) is 9.04. The molecule has 2 amide bonds. The van der Waals surface area contributed by atoms with E-state index in [2.05, 4.69) is 28.9 Å². The molecule has 0 bridgehead atoms. The number of carbonyl (C=O) groups excluding carboxylic acids is 2. The van der Waals surface area contributed by atoms with Crippen LogP contribution < -0.4 is 5.32 Å². The lowest BCUT2D eigenvalue weighted by molar-refractivity contribution is -0.128. The summed E-state index contributed by atoms with van der Waals surface area (Å²) >= 11 is 0. The minimum atomic E-state index is -0.414. The summed E-state index contributed by atoms with van der Waals surface area (Å²) in [7, 11) is 0. The monoisotopic (exact) mass is 430 g/mol. The van der Waals surface area contributed by atoms with Crippen LogP contribution in [0.15, 0.2) is 42.0 Å². The number of likely N-dealkylation sites (tertiary alicyclic amines) is 1. The Morgan fingerprint density at radius 2 is 2.03 bits per heavy atom. The highest BCUT2D eigenvalue weighted by Crippen LogP contribution is 2.45. The van der Waals surface area contributed by atoms with E-state index < -0.39 is 5.91 Å². The third-order valence-electron chi connectivity index (χ3n) is 6.60. The lowest BCUT2D eigenvalue weighted by atomic mass is 10.1. The number of carbonyl (C=O) groups is 2. The number of hydrogen-bond acceptors (Lipinski definition) is 3. The molecule has 2 aromatic rings. The lowest BCUT2D eigenvalue weighted by Crippen LogP contribution is -2.38. The molecule has 6 nitrogen and oxygen atoms in total. The van der Waals surface area contributed by atoms with E-state index in [4.69, 9.17) is 0 Å². The van der Waals surface area contributed by atoms with Gasteiger partial charge in [-0.15, -0.1) is 0 Å². The number of aryl methyl sites for hydroxylation is 1.